The van der Waals surface area contributed by atoms with E-state index in [1.165, 1.54) is 12.8 Å². The lowest BCUT2D eigenvalue weighted by atomic mass is 10.1. The van der Waals surface area contributed by atoms with Crippen molar-refractivity contribution < 1.29 is 4.79 Å². The van der Waals surface area contributed by atoms with Crippen molar-refractivity contribution in [3.8, 4) is 5.69 Å². The second kappa shape index (κ2) is 7.42. The molecule has 0 radical (unpaired) electrons. The van der Waals surface area contributed by atoms with Crippen molar-refractivity contribution in [2.75, 3.05) is 13.6 Å². The Morgan fingerprint density at radius 3 is 2.83 bits per heavy atom. The van der Waals surface area contributed by atoms with Crippen LogP contribution in [0.5, 0.6) is 0 Å². The Bertz CT molecular complexity index is 621. The van der Waals surface area contributed by atoms with Crippen LogP contribution in [-0.4, -0.2) is 40.2 Å². The molecule has 122 valence electrons. The number of aromatic nitrogens is 2. The van der Waals surface area contributed by atoms with E-state index in [4.69, 9.17) is 0 Å². The number of carbonyl (C=O) groups excluding carboxylic acids is 1. The maximum Gasteiger partial charge on any atom is 0.237 e. The van der Waals surface area contributed by atoms with Crippen LogP contribution in [0.3, 0.4) is 0 Å². The molecule has 1 aromatic heterocycles. The van der Waals surface area contributed by atoms with Gasteiger partial charge in [-0.25, -0.2) is 4.68 Å². The van der Waals surface area contributed by atoms with E-state index in [1.807, 2.05) is 41.2 Å². The highest BCUT2D eigenvalue weighted by molar-refractivity contribution is 5.81. The number of hydrogen-bond acceptors (Lipinski definition) is 3. The van der Waals surface area contributed by atoms with E-state index < -0.39 is 0 Å². The summed E-state index contributed by atoms with van der Waals surface area (Å²) < 4.78 is 1.82. The summed E-state index contributed by atoms with van der Waals surface area (Å²) in [5, 5.41) is 7.29. The molecule has 0 bridgehead atoms. The van der Waals surface area contributed by atoms with Crippen LogP contribution in [0.4, 0.5) is 0 Å². The Balaban J connectivity index is 1.56. The smallest absolute Gasteiger partial charge is 0.237 e. The predicted molar refractivity (Wildman–Crippen MR) is 90.3 cm³/mol. The fourth-order valence-electron chi connectivity index (χ4n) is 3.08. The Hall–Kier alpha value is -2.14. The van der Waals surface area contributed by atoms with Crippen LogP contribution in [-0.2, 0) is 11.3 Å². The third-order valence-electron chi connectivity index (χ3n) is 4.50. The molecule has 3 rings (SSSR count). The van der Waals surface area contributed by atoms with E-state index in [2.05, 4.69) is 22.4 Å². The van der Waals surface area contributed by atoms with Gasteiger partial charge in [-0.3, -0.25) is 9.69 Å². The molecule has 0 spiro atoms. The Kier molecular flexibility index (Phi) is 5.08. The highest BCUT2D eigenvalue weighted by atomic mass is 16.2. The maximum absolute atomic E-state index is 12.4. The van der Waals surface area contributed by atoms with Crippen molar-refractivity contribution in [1.29, 1.82) is 0 Å². The van der Waals surface area contributed by atoms with E-state index in [-0.39, 0.29) is 11.9 Å². The van der Waals surface area contributed by atoms with Crippen molar-refractivity contribution in [3.05, 3.63) is 48.3 Å². The molecule has 1 saturated heterocycles. The number of amides is 1. The van der Waals surface area contributed by atoms with E-state index in [9.17, 15) is 4.79 Å². The van der Waals surface area contributed by atoms with Crippen LogP contribution in [0, 0.1) is 0 Å². The first-order valence-electron chi connectivity index (χ1n) is 8.31. The van der Waals surface area contributed by atoms with Crippen molar-refractivity contribution in [3.63, 3.8) is 0 Å². The van der Waals surface area contributed by atoms with Gasteiger partial charge in [-0.2, -0.15) is 5.10 Å². The average Bonchev–Trinajstić information content (AvgIpc) is 3.02. The molecule has 2 heterocycles. The van der Waals surface area contributed by atoms with Crippen LogP contribution < -0.4 is 5.32 Å². The molecule has 23 heavy (non-hydrogen) atoms. The predicted octanol–water partition coefficient (Wildman–Crippen LogP) is 2.36. The quantitative estimate of drug-likeness (QED) is 0.943. The number of rotatable bonds is 4. The minimum Gasteiger partial charge on any atom is -0.351 e. The number of nitrogens with one attached hydrogen (secondary N) is 1. The first-order chi connectivity index (χ1) is 11.2. The zero-order valence-electron chi connectivity index (χ0n) is 13.6. The summed E-state index contributed by atoms with van der Waals surface area (Å²) in [6, 6.07) is 10.0. The zero-order valence-corrected chi connectivity index (χ0v) is 13.6. The number of nitrogens with zero attached hydrogens (tertiary/aromatic N) is 3. The molecule has 1 aliphatic heterocycles. The summed E-state index contributed by atoms with van der Waals surface area (Å²) in [6.45, 7) is 1.58. The number of benzene rings is 1. The number of hydrogen-bond donors (Lipinski definition) is 1. The first-order valence-corrected chi connectivity index (χ1v) is 8.31. The maximum atomic E-state index is 12.4. The van der Waals surface area contributed by atoms with Crippen molar-refractivity contribution in [1.82, 2.24) is 20.0 Å². The monoisotopic (exact) mass is 312 g/mol. The highest BCUT2D eigenvalue weighted by Crippen LogP contribution is 2.15. The Morgan fingerprint density at radius 2 is 2.09 bits per heavy atom. The number of likely N-dealkylation sites (N-methyl/N-ethyl adjacent to an activating group) is 1. The Labute approximate surface area is 137 Å². The fourth-order valence-corrected chi connectivity index (χ4v) is 3.08. The fraction of sp³-hybridized carbons (Fsp3) is 0.444. The van der Waals surface area contributed by atoms with Crippen LogP contribution in [0.2, 0.25) is 0 Å². The molecule has 0 saturated carbocycles. The third-order valence-corrected chi connectivity index (χ3v) is 4.50. The molecule has 1 amide bonds. The second-order valence-electron chi connectivity index (χ2n) is 6.18. The molecule has 5 nitrogen and oxygen atoms in total. The van der Waals surface area contributed by atoms with Gasteiger partial charge < -0.3 is 5.32 Å². The third kappa shape index (κ3) is 3.99. The van der Waals surface area contributed by atoms with Gasteiger partial charge in [0.25, 0.3) is 0 Å². The lowest BCUT2D eigenvalue weighted by Gasteiger charge is -2.24. The van der Waals surface area contributed by atoms with Gasteiger partial charge in [0.2, 0.25) is 5.91 Å². The molecular weight excluding hydrogens is 288 g/mol. The van der Waals surface area contributed by atoms with Crippen molar-refractivity contribution in [2.24, 2.45) is 0 Å². The van der Waals surface area contributed by atoms with Gasteiger partial charge in [-0.15, -0.1) is 0 Å². The molecule has 1 fully saturated rings. The summed E-state index contributed by atoms with van der Waals surface area (Å²) in [5.41, 5.74) is 2.12. The normalized spacial score (nSPS) is 19.3. The molecular formula is C18H24N4O. The lowest BCUT2D eigenvalue weighted by molar-refractivity contribution is -0.126. The zero-order chi connectivity index (χ0) is 16.1. The summed E-state index contributed by atoms with van der Waals surface area (Å²) in [7, 11) is 2.05. The molecule has 1 atom stereocenters. The number of likely N-dealkylation sites (tertiary alicyclic amines) is 1. The van der Waals surface area contributed by atoms with Gasteiger partial charge in [0.05, 0.1) is 11.7 Å². The second-order valence-corrected chi connectivity index (χ2v) is 6.18. The largest absolute Gasteiger partial charge is 0.351 e. The van der Waals surface area contributed by atoms with E-state index in [0.29, 0.717) is 6.54 Å². The minimum atomic E-state index is 0.0147. The Morgan fingerprint density at radius 1 is 1.26 bits per heavy atom. The van der Waals surface area contributed by atoms with Gasteiger partial charge in [0.1, 0.15) is 0 Å². The highest BCUT2D eigenvalue weighted by Gasteiger charge is 2.24. The van der Waals surface area contributed by atoms with Crippen molar-refractivity contribution in [2.45, 2.75) is 38.3 Å². The molecule has 1 unspecified atom stereocenters. The minimum absolute atomic E-state index is 0.0147. The molecule has 1 aliphatic rings. The SMILES string of the molecule is CN1CCCCCC1C(=O)NCc1ccc(-n2cccn2)cc1. The molecule has 0 aliphatic carbocycles. The summed E-state index contributed by atoms with van der Waals surface area (Å²) >= 11 is 0. The molecule has 1 aromatic carbocycles. The van der Waals surface area contributed by atoms with Gasteiger partial charge >= 0.3 is 0 Å². The number of carbonyl (C=O) groups is 1. The first kappa shape index (κ1) is 15.7. The van der Waals surface area contributed by atoms with Crippen molar-refractivity contribution >= 4 is 5.91 Å². The van der Waals surface area contributed by atoms with E-state index >= 15 is 0 Å². The van der Waals surface area contributed by atoms with Gasteiger partial charge in [-0.1, -0.05) is 25.0 Å². The van der Waals surface area contributed by atoms with Gasteiger partial charge in [-0.05, 0) is 50.2 Å². The molecule has 5 heteroatoms. The summed E-state index contributed by atoms with van der Waals surface area (Å²) in [6.07, 6.45) is 8.19. The summed E-state index contributed by atoms with van der Waals surface area (Å²) in [4.78, 5) is 14.6. The van der Waals surface area contributed by atoms with Crippen LogP contribution in [0.1, 0.15) is 31.2 Å². The van der Waals surface area contributed by atoms with Gasteiger partial charge in [0.15, 0.2) is 0 Å². The summed E-state index contributed by atoms with van der Waals surface area (Å²) in [5.74, 6) is 0.144. The lowest BCUT2D eigenvalue weighted by Crippen LogP contribution is -2.44. The van der Waals surface area contributed by atoms with Crippen LogP contribution in [0.15, 0.2) is 42.7 Å². The van der Waals surface area contributed by atoms with Gasteiger partial charge in [0, 0.05) is 18.9 Å². The van der Waals surface area contributed by atoms with E-state index in [0.717, 1.165) is 30.6 Å². The van der Waals surface area contributed by atoms with Crippen LogP contribution >= 0.6 is 0 Å². The molecule has 2 aromatic rings. The standard InChI is InChI=1S/C18H24N4O/c1-21-12-4-2-3-6-17(21)18(23)19-14-15-7-9-16(10-8-15)22-13-5-11-20-22/h5,7-11,13,17H,2-4,6,12,14H2,1H3,(H,19,23). The topological polar surface area (TPSA) is 50.2 Å². The average molecular weight is 312 g/mol. The van der Waals surface area contributed by atoms with E-state index in [1.54, 1.807) is 6.20 Å². The van der Waals surface area contributed by atoms with Crippen LogP contribution in [0.25, 0.3) is 5.69 Å². The molecule has 1 N–H and O–H groups in total.